The lowest BCUT2D eigenvalue weighted by Gasteiger charge is -2.25. The summed E-state index contributed by atoms with van der Waals surface area (Å²) in [6, 6.07) is 7.03. The van der Waals surface area contributed by atoms with Crippen molar-refractivity contribution in [1.29, 1.82) is 0 Å². The second kappa shape index (κ2) is 11.1. The van der Waals surface area contributed by atoms with Crippen molar-refractivity contribution in [3.63, 3.8) is 0 Å². The maximum absolute atomic E-state index is 12.2. The largest absolute Gasteiger partial charge is 0.462 e. The number of hydrogen-bond acceptors (Lipinski definition) is 9. The molecule has 1 aromatic carbocycles. The molecule has 9 nitrogen and oxygen atoms in total. The molecule has 2 aromatic rings. The van der Waals surface area contributed by atoms with Gasteiger partial charge in [0.25, 0.3) is 0 Å². The number of methoxy groups -OCH3 is 2. The summed E-state index contributed by atoms with van der Waals surface area (Å²) in [5.41, 5.74) is 7.66. The lowest BCUT2D eigenvalue weighted by Crippen LogP contribution is -2.32. The van der Waals surface area contributed by atoms with Crippen LogP contribution in [0, 0.1) is 0 Å². The highest BCUT2D eigenvalue weighted by atomic mass is 16.5. The highest BCUT2D eigenvalue weighted by molar-refractivity contribution is 5.97. The van der Waals surface area contributed by atoms with Crippen LogP contribution >= 0.6 is 0 Å². The number of nitrogens with one attached hydrogen (secondary N) is 1. The molecule has 0 atom stereocenters. The van der Waals surface area contributed by atoms with Gasteiger partial charge in [-0.05, 0) is 19.1 Å². The predicted molar refractivity (Wildman–Crippen MR) is 108 cm³/mol. The minimum absolute atomic E-state index is 0.293. The molecule has 9 heteroatoms. The summed E-state index contributed by atoms with van der Waals surface area (Å²) in [6.45, 7) is 4.28. The van der Waals surface area contributed by atoms with Crippen LogP contribution in [0.5, 0.6) is 0 Å². The molecule has 0 spiro atoms. The fraction of sp³-hybridized carbons (Fsp3) is 0.421. The maximum atomic E-state index is 12.2. The molecule has 0 unspecified atom stereocenters. The fourth-order valence-corrected chi connectivity index (χ4v) is 2.57. The Balaban J connectivity index is 2.31. The van der Waals surface area contributed by atoms with Gasteiger partial charge in [0.15, 0.2) is 11.6 Å². The van der Waals surface area contributed by atoms with Crippen molar-refractivity contribution >= 4 is 29.0 Å². The Labute approximate surface area is 164 Å². The van der Waals surface area contributed by atoms with E-state index in [0.717, 1.165) is 0 Å². The number of carbonyl (C=O) groups is 1. The number of esters is 1. The second-order valence-corrected chi connectivity index (χ2v) is 5.82. The molecule has 0 aliphatic heterocycles. The third-order valence-electron chi connectivity index (χ3n) is 3.97. The van der Waals surface area contributed by atoms with Gasteiger partial charge in [-0.25, -0.2) is 14.8 Å². The van der Waals surface area contributed by atoms with Crippen LogP contribution in [0.4, 0.5) is 23.0 Å². The van der Waals surface area contributed by atoms with E-state index in [1.165, 1.54) is 6.33 Å². The molecular weight excluding hydrogens is 362 g/mol. The lowest BCUT2D eigenvalue weighted by molar-refractivity contribution is 0.0527. The van der Waals surface area contributed by atoms with Crippen LogP contribution < -0.4 is 16.0 Å². The number of nitrogen functional groups attached to an aromatic ring is 1. The van der Waals surface area contributed by atoms with Gasteiger partial charge in [0.05, 0.1) is 31.1 Å². The highest BCUT2D eigenvalue weighted by Crippen LogP contribution is 2.29. The smallest absolute Gasteiger partial charge is 0.340 e. The fourth-order valence-electron chi connectivity index (χ4n) is 2.57. The van der Waals surface area contributed by atoms with Crippen LogP contribution in [0.1, 0.15) is 17.3 Å². The molecule has 152 valence electrons. The summed E-state index contributed by atoms with van der Waals surface area (Å²) in [6.07, 6.45) is 1.42. The van der Waals surface area contributed by atoms with Gasteiger partial charge in [-0.3, -0.25) is 0 Å². The normalized spacial score (nSPS) is 10.5. The topological polar surface area (TPSA) is 112 Å². The average molecular weight is 389 g/mol. The molecule has 0 radical (unpaired) electrons. The zero-order chi connectivity index (χ0) is 20.4. The van der Waals surface area contributed by atoms with Gasteiger partial charge in [-0.2, -0.15) is 0 Å². The zero-order valence-electron chi connectivity index (χ0n) is 16.5. The molecule has 2 rings (SSSR count). The number of para-hydroxylation sites is 1. The van der Waals surface area contributed by atoms with E-state index < -0.39 is 5.97 Å². The molecule has 1 heterocycles. The SMILES string of the molecule is CCOC(=O)c1ccccc1Nc1ncnc(N(CCOC)CCOC)c1N. The summed E-state index contributed by atoms with van der Waals surface area (Å²) < 4.78 is 15.4. The van der Waals surface area contributed by atoms with Crippen molar-refractivity contribution in [2.45, 2.75) is 6.92 Å². The van der Waals surface area contributed by atoms with Crippen LogP contribution in [-0.2, 0) is 14.2 Å². The van der Waals surface area contributed by atoms with E-state index in [9.17, 15) is 4.79 Å². The molecule has 1 aromatic heterocycles. The first kappa shape index (κ1) is 21.4. The Morgan fingerprint density at radius 3 is 2.46 bits per heavy atom. The van der Waals surface area contributed by atoms with E-state index in [1.54, 1.807) is 39.3 Å². The van der Waals surface area contributed by atoms with Crippen LogP contribution in [0.25, 0.3) is 0 Å². The third-order valence-corrected chi connectivity index (χ3v) is 3.97. The van der Waals surface area contributed by atoms with Crippen LogP contribution in [-0.4, -0.2) is 63.1 Å². The van der Waals surface area contributed by atoms with Gasteiger partial charge in [0.2, 0.25) is 0 Å². The van der Waals surface area contributed by atoms with Crippen LogP contribution in [0.15, 0.2) is 30.6 Å². The maximum Gasteiger partial charge on any atom is 0.340 e. The minimum Gasteiger partial charge on any atom is -0.462 e. The van der Waals surface area contributed by atoms with E-state index in [2.05, 4.69) is 15.3 Å². The molecule has 0 saturated heterocycles. The number of nitrogens with two attached hydrogens (primary N) is 1. The Bertz CT molecular complexity index is 764. The van der Waals surface area contributed by atoms with Crippen LogP contribution in [0.3, 0.4) is 0 Å². The Hall–Kier alpha value is -2.91. The summed E-state index contributed by atoms with van der Waals surface area (Å²) in [5, 5.41) is 3.12. The third kappa shape index (κ3) is 5.54. The van der Waals surface area contributed by atoms with E-state index in [-0.39, 0.29) is 0 Å². The number of benzene rings is 1. The van der Waals surface area contributed by atoms with Crippen molar-refractivity contribution in [3.8, 4) is 0 Å². The minimum atomic E-state index is -0.416. The first-order chi connectivity index (χ1) is 13.6. The molecule has 3 N–H and O–H groups in total. The molecule has 0 aliphatic rings. The van der Waals surface area contributed by atoms with E-state index in [0.29, 0.717) is 61.5 Å². The van der Waals surface area contributed by atoms with Gasteiger partial charge < -0.3 is 30.2 Å². The number of nitrogens with zero attached hydrogens (tertiary/aromatic N) is 3. The van der Waals surface area contributed by atoms with Crippen molar-refractivity contribution in [3.05, 3.63) is 36.2 Å². The number of rotatable bonds is 11. The number of aromatic nitrogens is 2. The number of anilines is 4. The van der Waals surface area contributed by atoms with Crippen molar-refractivity contribution in [2.75, 3.05) is 63.1 Å². The first-order valence-electron chi connectivity index (χ1n) is 8.98. The molecule has 28 heavy (non-hydrogen) atoms. The van der Waals surface area contributed by atoms with E-state index in [4.69, 9.17) is 19.9 Å². The number of ether oxygens (including phenoxy) is 3. The van der Waals surface area contributed by atoms with E-state index in [1.807, 2.05) is 11.0 Å². The molecule has 0 bridgehead atoms. The average Bonchev–Trinajstić information content (AvgIpc) is 2.70. The van der Waals surface area contributed by atoms with Crippen molar-refractivity contribution in [1.82, 2.24) is 9.97 Å². The second-order valence-electron chi connectivity index (χ2n) is 5.82. The summed E-state index contributed by atoms with van der Waals surface area (Å²) in [5.74, 6) is 0.557. The molecular formula is C19H27N5O4. The van der Waals surface area contributed by atoms with Crippen molar-refractivity contribution < 1.29 is 19.0 Å². The standard InChI is InChI=1S/C19H27N5O4/c1-4-28-19(25)14-7-5-6-8-15(14)23-17-16(20)18(22-13-21-17)24(9-11-26-2)10-12-27-3/h5-8,13H,4,9-12,20H2,1-3H3,(H,21,22,23). The summed E-state index contributed by atoms with van der Waals surface area (Å²) in [4.78, 5) is 22.7. The molecule has 0 amide bonds. The Kier molecular flexibility index (Phi) is 8.44. The van der Waals surface area contributed by atoms with Gasteiger partial charge in [-0.15, -0.1) is 0 Å². The van der Waals surface area contributed by atoms with Crippen LogP contribution in [0.2, 0.25) is 0 Å². The highest BCUT2D eigenvalue weighted by Gasteiger charge is 2.17. The van der Waals surface area contributed by atoms with Gasteiger partial charge in [-0.1, -0.05) is 12.1 Å². The number of hydrogen-bond donors (Lipinski definition) is 2. The van der Waals surface area contributed by atoms with Gasteiger partial charge in [0, 0.05) is 27.3 Å². The lowest BCUT2D eigenvalue weighted by atomic mass is 10.1. The van der Waals surface area contributed by atoms with Gasteiger partial charge >= 0.3 is 5.97 Å². The summed E-state index contributed by atoms with van der Waals surface area (Å²) in [7, 11) is 3.27. The number of carbonyl (C=O) groups excluding carboxylic acids is 1. The molecule has 0 saturated carbocycles. The molecule has 0 fully saturated rings. The zero-order valence-corrected chi connectivity index (χ0v) is 16.5. The monoisotopic (exact) mass is 389 g/mol. The Morgan fingerprint density at radius 2 is 1.82 bits per heavy atom. The molecule has 0 aliphatic carbocycles. The predicted octanol–water partition coefficient (Wildman–Crippen LogP) is 2.08. The first-order valence-corrected chi connectivity index (χ1v) is 8.98. The van der Waals surface area contributed by atoms with Crippen molar-refractivity contribution in [2.24, 2.45) is 0 Å². The quantitative estimate of drug-likeness (QED) is 0.558. The van der Waals surface area contributed by atoms with E-state index >= 15 is 0 Å². The Morgan fingerprint density at radius 1 is 1.14 bits per heavy atom. The summed E-state index contributed by atoms with van der Waals surface area (Å²) >= 11 is 0. The van der Waals surface area contributed by atoms with Gasteiger partial charge in [0.1, 0.15) is 12.0 Å².